The first kappa shape index (κ1) is 9.30. The largest absolute Gasteiger partial charge is 0.0848 e. The Morgan fingerprint density at radius 3 is 2.54 bits per heavy atom. The SMILES string of the molecule is CCCCCC1C2C=CC(C2)C1C. The Labute approximate surface area is 82.4 Å². The first-order chi connectivity index (χ1) is 6.33. The standard InChI is InChI=1S/C13H22/c1-3-4-5-6-13-10(2)11-7-8-12(13)9-11/h7-8,10-13H,3-6,9H2,1-2H3. The van der Waals surface area contributed by atoms with Gasteiger partial charge in [0.2, 0.25) is 0 Å². The minimum atomic E-state index is 0.941. The Morgan fingerprint density at radius 1 is 1.15 bits per heavy atom. The number of fused-ring (bicyclic) bond motifs is 2. The monoisotopic (exact) mass is 178 g/mol. The molecule has 0 radical (unpaired) electrons. The van der Waals surface area contributed by atoms with Crippen LogP contribution in [0.5, 0.6) is 0 Å². The highest BCUT2D eigenvalue weighted by molar-refractivity contribution is 5.12. The van der Waals surface area contributed by atoms with Crippen LogP contribution in [0.15, 0.2) is 12.2 Å². The molecule has 4 atom stereocenters. The van der Waals surface area contributed by atoms with Crippen LogP contribution < -0.4 is 0 Å². The molecule has 0 N–H and O–H groups in total. The average Bonchev–Trinajstić information content (AvgIpc) is 2.69. The highest BCUT2D eigenvalue weighted by atomic mass is 14.5. The fraction of sp³-hybridized carbons (Fsp3) is 0.846. The molecule has 2 aliphatic rings. The van der Waals surface area contributed by atoms with E-state index in [2.05, 4.69) is 26.0 Å². The van der Waals surface area contributed by atoms with Crippen molar-refractivity contribution in [2.75, 3.05) is 0 Å². The zero-order valence-electron chi connectivity index (χ0n) is 9.00. The molecular formula is C13H22. The summed E-state index contributed by atoms with van der Waals surface area (Å²) in [7, 11) is 0. The lowest BCUT2D eigenvalue weighted by atomic mass is 9.81. The van der Waals surface area contributed by atoms with Gasteiger partial charge in [0.1, 0.15) is 0 Å². The Morgan fingerprint density at radius 2 is 1.92 bits per heavy atom. The van der Waals surface area contributed by atoms with Crippen LogP contribution >= 0.6 is 0 Å². The molecule has 2 bridgehead atoms. The van der Waals surface area contributed by atoms with E-state index < -0.39 is 0 Å². The molecule has 4 unspecified atom stereocenters. The lowest BCUT2D eigenvalue weighted by Gasteiger charge is -2.24. The normalized spacial score (nSPS) is 41.7. The zero-order chi connectivity index (χ0) is 9.26. The molecule has 0 heterocycles. The van der Waals surface area contributed by atoms with Crippen LogP contribution in [0.2, 0.25) is 0 Å². The topological polar surface area (TPSA) is 0 Å². The van der Waals surface area contributed by atoms with Gasteiger partial charge in [0.25, 0.3) is 0 Å². The van der Waals surface area contributed by atoms with E-state index in [0.29, 0.717) is 0 Å². The third kappa shape index (κ3) is 1.68. The first-order valence-corrected chi connectivity index (χ1v) is 6.01. The second kappa shape index (κ2) is 3.86. The molecule has 1 fully saturated rings. The van der Waals surface area contributed by atoms with Gasteiger partial charge in [-0.05, 0) is 36.5 Å². The van der Waals surface area contributed by atoms with Crippen LogP contribution in [0, 0.1) is 23.7 Å². The fourth-order valence-electron chi connectivity index (χ4n) is 3.28. The molecule has 0 aromatic carbocycles. The van der Waals surface area contributed by atoms with Crippen LogP contribution in [0.4, 0.5) is 0 Å². The third-order valence-electron chi connectivity index (χ3n) is 4.19. The summed E-state index contributed by atoms with van der Waals surface area (Å²) in [4.78, 5) is 0. The highest BCUT2D eigenvalue weighted by Crippen LogP contribution is 2.49. The molecule has 0 aliphatic heterocycles. The van der Waals surface area contributed by atoms with E-state index in [1.54, 1.807) is 0 Å². The summed E-state index contributed by atoms with van der Waals surface area (Å²) < 4.78 is 0. The number of allylic oxidation sites excluding steroid dienone is 2. The third-order valence-corrected chi connectivity index (χ3v) is 4.19. The molecule has 1 saturated carbocycles. The van der Waals surface area contributed by atoms with Crippen LogP contribution in [0.3, 0.4) is 0 Å². The lowest BCUT2D eigenvalue weighted by Crippen LogP contribution is -2.16. The highest BCUT2D eigenvalue weighted by Gasteiger charge is 2.40. The molecule has 0 aromatic rings. The van der Waals surface area contributed by atoms with Crippen molar-refractivity contribution in [3.05, 3.63) is 12.2 Å². The molecule has 0 spiro atoms. The van der Waals surface area contributed by atoms with Crippen molar-refractivity contribution in [2.45, 2.75) is 46.0 Å². The molecule has 13 heavy (non-hydrogen) atoms. The van der Waals surface area contributed by atoms with Crippen molar-refractivity contribution < 1.29 is 0 Å². The van der Waals surface area contributed by atoms with E-state index in [1.807, 2.05) is 0 Å². The number of hydrogen-bond acceptors (Lipinski definition) is 0. The summed E-state index contributed by atoms with van der Waals surface area (Å²) in [6.45, 7) is 4.76. The number of unbranched alkanes of at least 4 members (excludes halogenated alkanes) is 2. The maximum Gasteiger partial charge on any atom is -0.0197 e. The summed E-state index contributed by atoms with van der Waals surface area (Å²) >= 11 is 0. The maximum atomic E-state index is 2.49. The predicted molar refractivity (Wildman–Crippen MR) is 57.5 cm³/mol. The summed E-state index contributed by atoms with van der Waals surface area (Å²) in [6, 6.07) is 0. The van der Waals surface area contributed by atoms with Crippen LogP contribution in [-0.4, -0.2) is 0 Å². The average molecular weight is 178 g/mol. The van der Waals surface area contributed by atoms with Gasteiger partial charge in [0.15, 0.2) is 0 Å². The van der Waals surface area contributed by atoms with Crippen molar-refractivity contribution in [1.82, 2.24) is 0 Å². The molecule has 2 rings (SSSR count). The van der Waals surface area contributed by atoms with Gasteiger partial charge in [-0.3, -0.25) is 0 Å². The molecule has 0 heteroatoms. The van der Waals surface area contributed by atoms with Crippen LogP contribution in [-0.2, 0) is 0 Å². The van der Waals surface area contributed by atoms with Gasteiger partial charge in [-0.25, -0.2) is 0 Å². The van der Waals surface area contributed by atoms with E-state index in [9.17, 15) is 0 Å². The quantitative estimate of drug-likeness (QED) is 0.450. The number of hydrogen-bond donors (Lipinski definition) is 0. The van der Waals surface area contributed by atoms with Crippen molar-refractivity contribution in [1.29, 1.82) is 0 Å². The van der Waals surface area contributed by atoms with Gasteiger partial charge in [-0.2, -0.15) is 0 Å². The second-order valence-electron chi connectivity index (χ2n) is 4.97. The van der Waals surface area contributed by atoms with E-state index in [0.717, 1.165) is 23.7 Å². The van der Waals surface area contributed by atoms with Gasteiger partial charge in [0.05, 0.1) is 0 Å². The Balaban J connectivity index is 1.83. The smallest absolute Gasteiger partial charge is 0.0197 e. The van der Waals surface area contributed by atoms with Crippen LogP contribution in [0.1, 0.15) is 46.0 Å². The van der Waals surface area contributed by atoms with Crippen molar-refractivity contribution in [2.24, 2.45) is 23.7 Å². The molecular weight excluding hydrogens is 156 g/mol. The van der Waals surface area contributed by atoms with Crippen LogP contribution in [0.25, 0.3) is 0 Å². The van der Waals surface area contributed by atoms with Gasteiger partial charge in [-0.15, -0.1) is 0 Å². The molecule has 0 saturated heterocycles. The Hall–Kier alpha value is -0.260. The number of rotatable bonds is 4. The molecule has 2 aliphatic carbocycles. The van der Waals surface area contributed by atoms with Gasteiger partial charge >= 0.3 is 0 Å². The molecule has 0 amide bonds. The molecule has 74 valence electrons. The van der Waals surface area contributed by atoms with Gasteiger partial charge in [-0.1, -0.05) is 45.3 Å². The Kier molecular flexibility index (Phi) is 2.76. The minimum Gasteiger partial charge on any atom is -0.0848 e. The first-order valence-electron chi connectivity index (χ1n) is 6.01. The summed E-state index contributed by atoms with van der Waals surface area (Å²) in [6.07, 6.45) is 12.2. The Bertz CT molecular complexity index is 192. The van der Waals surface area contributed by atoms with E-state index in [4.69, 9.17) is 0 Å². The van der Waals surface area contributed by atoms with E-state index in [1.165, 1.54) is 32.1 Å². The molecule has 0 nitrogen and oxygen atoms in total. The second-order valence-corrected chi connectivity index (χ2v) is 4.97. The van der Waals surface area contributed by atoms with Crippen molar-refractivity contribution in [3.63, 3.8) is 0 Å². The minimum absolute atomic E-state index is 0.941. The van der Waals surface area contributed by atoms with E-state index in [-0.39, 0.29) is 0 Å². The van der Waals surface area contributed by atoms with Crippen molar-refractivity contribution >= 4 is 0 Å². The zero-order valence-corrected chi connectivity index (χ0v) is 9.00. The summed E-state index contributed by atoms with van der Waals surface area (Å²) in [5.74, 6) is 3.90. The van der Waals surface area contributed by atoms with Gasteiger partial charge in [0, 0.05) is 0 Å². The summed E-state index contributed by atoms with van der Waals surface area (Å²) in [5, 5.41) is 0. The summed E-state index contributed by atoms with van der Waals surface area (Å²) in [5.41, 5.74) is 0. The van der Waals surface area contributed by atoms with Crippen molar-refractivity contribution in [3.8, 4) is 0 Å². The predicted octanol–water partition coefficient (Wildman–Crippen LogP) is 4.02. The fourth-order valence-corrected chi connectivity index (χ4v) is 3.28. The lowest BCUT2D eigenvalue weighted by molar-refractivity contribution is 0.305. The maximum absolute atomic E-state index is 2.49. The van der Waals surface area contributed by atoms with E-state index >= 15 is 0 Å². The molecule has 0 aromatic heterocycles. The van der Waals surface area contributed by atoms with Gasteiger partial charge < -0.3 is 0 Å².